The molecule has 80 heavy (non-hydrogen) atoms. The number of aromatic hydroxyl groups is 1. The predicted octanol–water partition coefficient (Wildman–Crippen LogP) is 13.9. The molecule has 2 aliphatic carbocycles. The second-order valence-corrected chi connectivity index (χ2v) is 19.9. The monoisotopic (exact) mass is 1090 g/mol. The van der Waals surface area contributed by atoms with Gasteiger partial charge < -0.3 is 48.1 Å². The Balaban J connectivity index is 0.000000219. The molecule has 2 aliphatic rings. The first-order valence-corrected chi connectivity index (χ1v) is 27.0. The van der Waals surface area contributed by atoms with Gasteiger partial charge in [-0.25, -0.2) is 0 Å². The number of phenolic OH excluding ortho intramolecular Hbond substituents is 1. The Morgan fingerprint density at radius 3 is 1.30 bits per heavy atom. The minimum atomic E-state index is -0.440. The van der Waals surface area contributed by atoms with Crippen molar-refractivity contribution in [1.82, 2.24) is 9.80 Å². The molecule has 0 aliphatic heterocycles. The second kappa shape index (κ2) is 31.4. The Bertz CT molecular complexity index is 2960. The number of hydrogen-bond acceptors (Lipinski definition) is 15. The van der Waals surface area contributed by atoms with Crippen molar-refractivity contribution in [3.05, 3.63) is 181 Å². The molecule has 2 saturated carbocycles. The third-order valence-electron chi connectivity index (χ3n) is 13.8. The zero-order valence-corrected chi connectivity index (χ0v) is 47.5. The van der Waals surface area contributed by atoms with Crippen LogP contribution in [0.25, 0.3) is 11.1 Å². The highest BCUT2D eigenvalue weighted by atomic mass is 16.6. The van der Waals surface area contributed by atoms with Crippen LogP contribution < -0.4 is 33.2 Å². The van der Waals surface area contributed by atoms with Gasteiger partial charge in [0, 0.05) is 24.7 Å². The average molecular weight is 1090 g/mol. The van der Waals surface area contributed by atoms with E-state index < -0.39 is 4.92 Å². The number of benzene rings is 6. The minimum Gasteiger partial charge on any atom is -0.508 e. The van der Waals surface area contributed by atoms with Crippen molar-refractivity contribution in [2.45, 2.75) is 70.8 Å². The van der Waals surface area contributed by atoms with Crippen molar-refractivity contribution in [2.75, 3.05) is 82.9 Å². The lowest BCUT2D eigenvalue weighted by Gasteiger charge is -2.21. The molecular formula is C64H76N4O12. The van der Waals surface area contributed by atoms with Gasteiger partial charge in [0.05, 0.1) is 45.0 Å². The normalized spacial score (nSPS) is 12.9. The van der Waals surface area contributed by atoms with Gasteiger partial charge in [-0.3, -0.25) is 14.9 Å². The van der Waals surface area contributed by atoms with Crippen LogP contribution in [0.3, 0.4) is 0 Å². The molecule has 0 aromatic heterocycles. The van der Waals surface area contributed by atoms with Crippen molar-refractivity contribution >= 4 is 28.8 Å². The van der Waals surface area contributed by atoms with E-state index in [4.69, 9.17) is 33.2 Å². The van der Waals surface area contributed by atoms with Gasteiger partial charge in [-0.15, -0.1) is 4.91 Å². The fraction of sp³-hybridized carbons (Fsp3) is 0.359. The first-order chi connectivity index (χ1) is 38.8. The molecule has 0 atom stereocenters. The number of nitroso groups, excluding NO2 is 1. The van der Waals surface area contributed by atoms with Crippen LogP contribution in [0.5, 0.6) is 46.0 Å². The number of phenols is 1. The number of methoxy groups -OCH3 is 4. The third kappa shape index (κ3) is 17.6. The van der Waals surface area contributed by atoms with E-state index >= 15 is 0 Å². The third-order valence-corrected chi connectivity index (χ3v) is 13.8. The van der Waals surface area contributed by atoms with Gasteiger partial charge in [0.15, 0.2) is 29.3 Å². The van der Waals surface area contributed by atoms with Crippen molar-refractivity contribution in [2.24, 2.45) is 5.18 Å². The van der Waals surface area contributed by atoms with E-state index in [-0.39, 0.29) is 23.5 Å². The molecule has 0 amide bonds. The van der Waals surface area contributed by atoms with E-state index in [1.165, 1.54) is 124 Å². The van der Waals surface area contributed by atoms with Gasteiger partial charge in [0.1, 0.15) is 48.5 Å². The number of nitrogens with zero attached hydrogens (tertiary/aromatic N) is 4. The lowest BCUT2D eigenvalue weighted by molar-refractivity contribution is -0.385. The highest BCUT2D eigenvalue weighted by Gasteiger charge is 2.21. The summed E-state index contributed by atoms with van der Waals surface area (Å²) in [6.07, 6.45) is 12.6. The predicted molar refractivity (Wildman–Crippen MR) is 315 cm³/mol. The molecule has 1 N–H and O–H groups in total. The average Bonchev–Trinajstić information content (AvgIpc) is 3.49. The number of nitro groups is 1. The molecule has 6 aromatic rings. The molecule has 0 unspecified atom stereocenters. The summed E-state index contributed by atoms with van der Waals surface area (Å²) in [7, 11) is 14.0. The van der Waals surface area contributed by atoms with Gasteiger partial charge in [-0.2, -0.15) is 0 Å². The maximum atomic E-state index is 11.6. The van der Waals surface area contributed by atoms with E-state index in [2.05, 4.69) is 63.5 Å². The summed E-state index contributed by atoms with van der Waals surface area (Å²) in [6.45, 7) is 3.14. The van der Waals surface area contributed by atoms with Crippen LogP contribution in [0, 0.1) is 15.0 Å². The van der Waals surface area contributed by atoms with Crippen molar-refractivity contribution < 1.29 is 48.0 Å². The highest BCUT2D eigenvalue weighted by molar-refractivity contribution is 5.85. The largest absolute Gasteiger partial charge is 0.508 e. The summed E-state index contributed by atoms with van der Waals surface area (Å²) in [6, 6.07) is 38.1. The summed E-state index contributed by atoms with van der Waals surface area (Å²) in [5, 5.41) is 24.0. The van der Waals surface area contributed by atoms with Crippen molar-refractivity contribution in [3.8, 4) is 46.0 Å². The van der Waals surface area contributed by atoms with Gasteiger partial charge in [0.25, 0.3) is 5.69 Å². The maximum absolute atomic E-state index is 11.6. The lowest BCUT2D eigenvalue weighted by Crippen LogP contribution is -2.19. The molecule has 16 nitrogen and oxygen atoms in total. The lowest BCUT2D eigenvalue weighted by atomic mass is 9.85. The van der Waals surface area contributed by atoms with Crippen LogP contribution in [0.2, 0.25) is 0 Å². The number of ether oxygens (including phenoxy) is 7. The molecule has 6 aromatic carbocycles. The zero-order valence-electron chi connectivity index (χ0n) is 47.5. The quantitative estimate of drug-likeness (QED) is 0.0293. The SMILES string of the molecule is CN(C)CCOc1ccc(C(=C2CCCCC2)c2ccc(O)cc2)cc1.COc1cc(C=O)c(N=O)cc1OC.COc1cc(COc2ccc(C(=C3CCCCC3)c3ccc(OCCN(C)C)cc3)cc2)c([N+](=O)[O-])cc1OC. The molecule has 16 heteroatoms. The summed E-state index contributed by atoms with van der Waals surface area (Å²) < 4.78 is 38.1. The summed E-state index contributed by atoms with van der Waals surface area (Å²) >= 11 is 0. The number of nitro benzene ring substituents is 1. The van der Waals surface area contributed by atoms with Crippen LogP contribution in [0.1, 0.15) is 102 Å². The first kappa shape index (κ1) is 61.0. The molecule has 424 valence electrons. The number of hydrogen-bond donors (Lipinski definition) is 1. The van der Waals surface area contributed by atoms with Crippen molar-refractivity contribution in [3.63, 3.8) is 0 Å². The number of rotatable bonds is 22. The van der Waals surface area contributed by atoms with Crippen LogP contribution >= 0.6 is 0 Å². The topological polar surface area (TPSA) is 181 Å². The highest BCUT2D eigenvalue weighted by Crippen LogP contribution is 2.40. The summed E-state index contributed by atoms with van der Waals surface area (Å²) in [4.78, 5) is 36.3. The molecule has 0 saturated heterocycles. The molecule has 0 heterocycles. The maximum Gasteiger partial charge on any atom is 0.280 e. The fourth-order valence-electron chi connectivity index (χ4n) is 9.50. The van der Waals surface area contributed by atoms with E-state index in [1.54, 1.807) is 18.2 Å². The number of carbonyl (C=O) groups is 1. The Hall–Kier alpha value is -8.21. The smallest absolute Gasteiger partial charge is 0.280 e. The van der Waals surface area contributed by atoms with Crippen LogP contribution in [0.4, 0.5) is 11.4 Å². The Kier molecular flexibility index (Phi) is 23.9. The molecular weight excluding hydrogens is 1020 g/mol. The van der Waals surface area contributed by atoms with E-state index in [1.807, 2.05) is 64.6 Å². The van der Waals surface area contributed by atoms with Gasteiger partial charge in [-0.05, 0) is 179 Å². The molecule has 0 spiro atoms. The molecule has 2 fully saturated rings. The second-order valence-electron chi connectivity index (χ2n) is 19.9. The van der Waals surface area contributed by atoms with Crippen LogP contribution in [0.15, 0.2) is 138 Å². The minimum absolute atomic E-state index is 0.0270. The Morgan fingerprint density at radius 2 is 0.925 bits per heavy atom. The zero-order chi connectivity index (χ0) is 57.4. The first-order valence-electron chi connectivity index (χ1n) is 27.0. The van der Waals surface area contributed by atoms with Crippen molar-refractivity contribution in [1.29, 1.82) is 0 Å². The van der Waals surface area contributed by atoms with Crippen LogP contribution in [-0.4, -0.2) is 109 Å². The standard InChI is InChI=1S/C32H38N2O6.C23H29NO2.C9H9NO4/c1-33(2)18-19-39-27-14-10-24(11-15-27)32(23-8-6-5-7-9-23)25-12-16-28(17-13-25)40-22-26-20-30(37-3)31(38-4)21-29(26)34(35)36;1-24(2)16-17-26-22-14-10-20(11-15-22)23(18-6-4-3-5-7-18)19-8-12-21(25)13-9-19;1-13-8-3-6(5-11)7(10-12)4-9(8)14-2/h10-17,20-21H,5-9,18-19,22H2,1-4H3;8-15,25H,3-7,16-17H2,1-2H3;3-5H,1-2H3. The molecule has 0 bridgehead atoms. The van der Waals surface area contributed by atoms with E-state index in [9.17, 15) is 24.9 Å². The van der Waals surface area contributed by atoms with Crippen LogP contribution in [-0.2, 0) is 6.61 Å². The summed E-state index contributed by atoms with van der Waals surface area (Å²) in [5.74, 6) is 4.20. The van der Waals surface area contributed by atoms with Gasteiger partial charge >= 0.3 is 0 Å². The van der Waals surface area contributed by atoms with Gasteiger partial charge in [0.2, 0.25) is 0 Å². The van der Waals surface area contributed by atoms with E-state index in [0.29, 0.717) is 59.6 Å². The fourth-order valence-corrected chi connectivity index (χ4v) is 9.50. The van der Waals surface area contributed by atoms with E-state index in [0.717, 1.165) is 55.8 Å². The number of carbonyl (C=O) groups excluding carboxylic acids is 1. The number of likely N-dealkylation sites (N-methyl/N-ethyl adjacent to an activating group) is 2. The molecule has 8 rings (SSSR count). The Morgan fingerprint density at radius 1 is 0.550 bits per heavy atom. The number of aldehydes is 1. The molecule has 0 radical (unpaired) electrons. The Labute approximate surface area is 470 Å². The number of allylic oxidation sites excluding steroid dienone is 2. The van der Waals surface area contributed by atoms with Gasteiger partial charge in [-0.1, -0.05) is 72.5 Å². The summed E-state index contributed by atoms with van der Waals surface area (Å²) in [5.41, 5.74) is 10.9.